The molecular formula is C25H25N5O2. The normalized spacial score (nSPS) is 12.9. The summed E-state index contributed by atoms with van der Waals surface area (Å²) in [5.74, 6) is 0.690. The lowest BCUT2D eigenvalue weighted by atomic mass is 10.1. The largest absolute Gasteiger partial charge is 0.380 e. The fraction of sp³-hybridized carbons (Fsp3) is 0.240. The molecule has 1 aliphatic rings. The van der Waals surface area contributed by atoms with Crippen molar-refractivity contribution < 1.29 is 9.63 Å². The van der Waals surface area contributed by atoms with E-state index < -0.39 is 0 Å². The quantitative estimate of drug-likeness (QED) is 0.528. The number of amides is 1. The Morgan fingerprint density at radius 2 is 1.78 bits per heavy atom. The molecular weight excluding hydrogens is 402 g/mol. The number of hydrogen-bond donors (Lipinski definition) is 2. The molecule has 7 nitrogen and oxygen atoms in total. The smallest absolute Gasteiger partial charge is 0.276 e. The number of nitriles is 1. The molecule has 0 bridgehead atoms. The van der Waals surface area contributed by atoms with E-state index in [0.29, 0.717) is 17.7 Å². The van der Waals surface area contributed by atoms with Crippen molar-refractivity contribution in [3.8, 4) is 6.07 Å². The van der Waals surface area contributed by atoms with Gasteiger partial charge in [-0.05, 0) is 54.3 Å². The number of benzene rings is 2. The van der Waals surface area contributed by atoms with Crippen LogP contribution in [-0.2, 0) is 18.0 Å². The van der Waals surface area contributed by atoms with Crippen molar-refractivity contribution in [1.29, 1.82) is 5.26 Å². The molecule has 0 unspecified atom stereocenters. The highest BCUT2D eigenvalue weighted by molar-refractivity contribution is 5.99. The van der Waals surface area contributed by atoms with E-state index in [0.717, 1.165) is 35.7 Å². The van der Waals surface area contributed by atoms with Crippen molar-refractivity contribution in [3.05, 3.63) is 89.1 Å². The van der Waals surface area contributed by atoms with E-state index in [9.17, 15) is 4.79 Å². The van der Waals surface area contributed by atoms with E-state index >= 15 is 0 Å². The predicted molar refractivity (Wildman–Crippen MR) is 123 cm³/mol. The van der Waals surface area contributed by atoms with Gasteiger partial charge in [-0.3, -0.25) is 9.63 Å². The Morgan fingerprint density at radius 1 is 1.03 bits per heavy atom. The number of carbonyl (C=O) groups excluding carboxylic acids is 1. The van der Waals surface area contributed by atoms with Crippen molar-refractivity contribution in [1.82, 2.24) is 10.5 Å². The molecule has 2 heterocycles. The van der Waals surface area contributed by atoms with Crippen LogP contribution in [0.1, 0.15) is 39.9 Å². The van der Waals surface area contributed by atoms with Crippen molar-refractivity contribution >= 4 is 17.4 Å². The van der Waals surface area contributed by atoms with Crippen molar-refractivity contribution in [2.24, 2.45) is 0 Å². The molecule has 7 heteroatoms. The molecule has 32 heavy (non-hydrogen) atoms. The number of hydrogen-bond acceptors (Lipinski definition) is 6. The number of para-hydroxylation sites is 1. The van der Waals surface area contributed by atoms with Gasteiger partial charge in [0.15, 0.2) is 0 Å². The van der Waals surface area contributed by atoms with Crippen LogP contribution >= 0.6 is 0 Å². The fourth-order valence-electron chi connectivity index (χ4n) is 3.60. The van der Waals surface area contributed by atoms with Gasteiger partial charge in [-0.2, -0.15) is 5.26 Å². The summed E-state index contributed by atoms with van der Waals surface area (Å²) in [4.78, 5) is 24.9. The average molecular weight is 428 g/mol. The molecule has 1 aromatic heterocycles. The summed E-state index contributed by atoms with van der Waals surface area (Å²) in [7, 11) is 0. The lowest BCUT2D eigenvalue weighted by Crippen LogP contribution is -2.24. The van der Waals surface area contributed by atoms with Crippen molar-refractivity contribution in [2.75, 3.05) is 23.3 Å². The monoisotopic (exact) mass is 427 g/mol. The maximum atomic E-state index is 12.6. The van der Waals surface area contributed by atoms with E-state index in [4.69, 9.17) is 10.1 Å². The maximum absolute atomic E-state index is 12.6. The number of aromatic nitrogens is 1. The van der Waals surface area contributed by atoms with Crippen molar-refractivity contribution in [2.45, 2.75) is 26.0 Å². The summed E-state index contributed by atoms with van der Waals surface area (Å²) in [5, 5.41) is 12.2. The minimum atomic E-state index is -0.329. The first-order valence-corrected chi connectivity index (χ1v) is 10.7. The van der Waals surface area contributed by atoms with Crippen LogP contribution in [0.15, 0.2) is 66.9 Å². The van der Waals surface area contributed by atoms with E-state index in [1.807, 2.05) is 24.4 Å². The van der Waals surface area contributed by atoms with Crippen LogP contribution in [0.4, 0.5) is 11.5 Å². The van der Waals surface area contributed by atoms with Gasteiger partial charge >= 0.3 is 0 Å². The molecule has 0 radical (unpaired) electrons. The Bertz CT molecular complexity index is 1080. The van der Waals surface area contributed by atoms with Crippen molar-refractivity contribution in [3.63, 3.8) is 0 Å². The first kappa shape index (κ1) is 21.3. The van der Waals surface area contributed by atoms with Gasteiger partial charge < -0.3 is 10.2 Å². The van der Waals surface area contributed by atoms with Crippen LogP contribution in [0.5, 0.6) is 0 Å². The summed E-state index contributed by atoms with van der Waals surface area (Å²) >= 11 is 0. The van der Waals surface area contributed by atoms with Gasteiger partial charge in [-0.15, -0.1) is 0 Å². The molecule has 0 spiro atoms. The summed E-state index contributed by atoms with van der Waals surface area (Å²) < 4.78 is 0. The number of nitrogens with one attached hydrogen (secondary N) is 2. The number of hydroxylamine groups is 1. The Labute approximate surface area is 187 Å². The number of nitrogens with zero attached hydrogens (tertiary/aromatic N) is 3. The molecule has 0 aliphatic carbocycles. The first-order valence-electron chi connectivity index (χ1n) is 10.7. The summed E-state index contributed by atoms with van der Waals surface area (Å²) in [6.45, 7) is 2.91. The number of carbonyl (C=O) groups is 1. The first-order chi connectivity index (χ1) is 15.7. The lowest BCUT2D eigenvalue weighted by molar-refractivity contribution is 0.0234. The molecule has 1 fully saturated rings. The van der Waals surface area contributed by atoms with Gasteiger partial charge in [0, 0.05) is 31.5 Å². The molecule has 4 rings (SSSR count). The molecule has 162 valence electrons. The molecule has 2 N–H and O–H groups in total. The second kappa shape index (κ2) is 10.4. The molecule has 2 aromatic carbocycles. The van der Waals surface area contributed by atoms with Crippen LogP contribution in [0.25, 0.3) is 0 Å². The average Bonchev–Trinajstić information content (AvgIpc) is 3.39. The van der Waals surface area contributed by atoms with Gasteiger partial charge in [0.25, 0.3) is 5.91 Å². The Hall–Kier alpha value is -3.89. The zero-order chi connectivity index (χ0) is 22.2. The highest BCUT2D eigenvalue weighted by atomic mass is 16.6. The highest BCUT2D eigenvalue weighted by Crippen LogP contribution is 2.19. The highest BCUT2D eigenvalue weighted by Gasteiger charge is 2.14. The van der Waals surface area contributed by atoms with E-state index in [1.54, 1.807) is 30.3 Å². The van der Waals surface area contributed by atoms with E-state index in [-0.39, 0.29) is 12.5 Å². The second-order valence-corrected chi connectivity index (χ2v) is 7.65. The fourth-order valence-corrected chi connectivity index (χ4v) is 3.60. The number of anilines is 2. The molecule has 0 atom stereocenters. The summed E-state index contributed by atoms with van der Waals surface area (Å²) in [5.41, 5.74) is 6.19. The Balaban J connectivity index is 1.31. The standard InChI is InChI=1S/C25H25N5O2/c26-15-19-7-9-20(10-8-19)18-32-29-25(31)22-5-1-2-6-23(22)27-16-21-11-12-24(28-17-21)30-13-3-4-14-30/h1-2,5-12,17,27H,3-4,13-14,16,18H2,(H,29,31). The van der Waals surface area contributed by atoms with Crippen LogP contribution in [0, 0.1) is 11.3 Å². The molecule has 1 saturated heterocycles. The molecule has 1 aliphatic heterocycles. The van der Waals surface area contributed by atoms with Gasteiger partial charge in [-0.1, -0.05) is 30.3 Å². The van der Waals surface area contributed by atoms with Gasteiger partial charge in [0.2, 0.25) is 0 Å². The minimum absolute atomic E-state index is 0.210. The zero-order valence-corrected chi connectivity index (χ0v) is 17.8. The van der Waals surface area contributed by atoms with Gasteiger partial charge in [0.1, 0.15) is 5.82 Å². The topological polar surface area (TPSA) is 90.3 Å². The maximum Gasteiger partial charge on any atom is 0.276 e. The van der Waals surface area contributed by atoms with Gasteiger partial charge in [-0.25, -0.2) is 10.5 Å². The third-order valence-electron chi connectivity index (χ3n) is 5.38. The van der Waals surface area contributed by atoms with E-state index in [2.05, 4.69) is 38.9 Å². The van der Waals surface area contributed by atoms with Crippen LogP contribution in [0.3, 0.4) is 0 Å². The minimum Gasteiger partial charge on any atom is -0.380 e. The van der Waals surface area contributed by atoms with E-state index in [1.165, 1.54) is 12.8 Å². The molecule has 0 saturated carbocycles. The Morgan fingerprint density at radius 3 is 2.50 bits per heavy atom. The summed E-state index contributed by atoms with van der Waals surface area (Å²) in [6.07, 6.45) is 4.33. The zero-order valence-electron chi connectivity index (χ0n) is 17.8. The molecule has 1 amide bonds. The third kappa shape index (κ3) is 5.42. The van der Waals surface area contributed by atoms with Crippen LogP contribution in [0.2, 0.25) is 0 Å². The number of pyridine rings is 1. The van der Waals surface area contributed by atoms with Crippen LogP contribution < -0.4 is 15.7 Å². The lowest BCUT2D eigenvalue weighted by Gasteiger charge is -2.16. The predicted octanol–water partition coefficient (Wildman–Crippen LogP) is 4.03. The Kier molecular flexibility index (Phi) is 6.95. The SMILES string of the molecule is N#Cc1ccc(CONC(=O)c2ccccc2NCc2ccc(N3CCCC3)nc2)cc1. The number of rotatable bonds is 8. The van der Waals surface area contributed by atoms with Crippen LogP contribution in [-0.4, -0.2) is 24.0 Å². The third-order valence-corrected chi connectivity index (χ3v) is 5.38. The molecule has 3 aromatic rings. The van der Waals surface area contributed by atoms with Gasteiger partial charge in [0.05, 0.1) is 23.8 Å². The second-order valence-electron chi connectivity index (χ2n) is 7.65. The summed E-state index contributed by atoms with van der Waals surface area (Å²) in [6, 6.07) is 20.5.